The van der Waals surface area contributed by atoms with E-state index in [1.807, 2.05) is 39.2 Å². The molecule has 0 bridgehead atoms. The number of likely N-dealkylation sites (N-methyl/N-ethyl adjacent to an activating group) is 1. The number of fused-ring (bicyclic) bond motifs is 2. The number of pyridine rings is 1. The van der Waals surface area contributed by atoms with Crippen molar-refractivity contribution in [2.75, 3.05) is 48.9 Å². The van der Waals surface area contributed by atoms with Crippen molar-refractivity contribution in [3.63, 3.8) is 0 Å². The van der Waals surface area contributed by atoms with Gasteiger partial charge in [-0.05, 0) is 64.2 Å². The van der Waals surface area contributed by atoms with Crippen molar-refractivity contribution in [1.82, 2.24) is 19.9 Å². The van der Waals surface area contributed by atoms with Crippen molar-refractivity contribution in [2.24, 2.45) is 0 Å². The van der Waals surface area contributed by atoms with Gasteiger partial charge in [0.25, 0.3) is 0 Å². The summed E-state index contributed by atoms with van der Waals surface area (Å²) in [6.45, 7) is 9.42. The molecule has 1 saturated heterocycles. The number of nitrogen functional groups attached to an aromatic ring is 2. The molecule has 0 unspecified atom stereocenters. The summed E-state index contributed by atoms with van der Waals surface area (Å²) < 4.78 is 32.0. The van der Waals surface area contributed by atoms with E-state index in [1.54, 1.807) is 12.3 Å². The van der Waals surface area contributed by atoms with Gasteiger partial charge >= 0.3 is 0 Å². The normalized spacial score (nSPS) is 18.2. The van der Waals surface area contributed by atoms with Crippen molar-refractivity contribution in [2.45, 2.75) is 44.7 Å². The number of aromatic nitrogens is 3. The number of thiophene rings is 1. The van der Waals surface area contributed by atoms with Crippen LogP contribution in [-0.2, 0) is 0 Å². The van der Waals surface area contributed by atoms with Gasteiger partial charge in [0, 0.05) is 41.5 Å². The molecule has 5 aromatic rings. The SMILES string of the molecule is C[C@@H](CNc1nc(N2C[C@@](C)(N(C)C)C2(C)C)nc2c(F)c(-c3ccc(F)c4sc(N)c(C#N)c34)c(Cl)cc12)c1cccnc1N. The van der Waals surface area contributed by atoms with Gasteiger partial charge in [-0.2, -0.15) is 10.2 Å². The molecule has 0 saturated carbocycles. The largest absolute Gasteiger partial charge is 0.389 e. The average Bonchev–Trinajstić information content (AvgIpc) is 3.36. The Bertz CT molecular complexity index is 2070. The molecular formula is C33H34ClF2N9S. The lowest BCUT2D eigenvalue weighted by Crippen LogP contribution is -2.80. The molecule has 13 heteroatoms. The van der Waals surface area contributed by atoms with Gasteiger partial charge < -0.3 is 26.6 Å². The third-order valence-corrected chi connectivity index (χ3v) is 11.1. The van der Waals surface area contributed by atoms with Crippen LogP contribution in [0, 0.1) is 23.0 Å². The third-order valence-electron chi connectivity index (χ3n) is 9.74. The van der Waals surface area contributed by atoms with Gasteiger partial charge in [-0.15, -0.1) is 11.3 Å². The van der Waals surface area contributed by atoms with Crippen molar-refractivity contribution >= 4 is 66.5 Å². The van der Waals surface area contributed by atoms with Crippen LogP contribution in [0.2, 0.25) is 5.02 Å². The minimum absolute atomic E-state index is 0.00145. The van der Waals surface area contributed by atoms with E-state index >= 15 is 4.39 Å². The molecule has 5 N–H and O–H groups in total. The molecule has 4 heterocycles. The lowest BCUT2D eigenvalue weighted by Gasteiger charge is -2.65. The zero-order valence-electron chi connectivity index (χ0n) is 26.3. The van der Waals surface area contributed by atoms with Gasteiger partial charge in [-0.1, -0.05) is 30.7 Å². The number of nitrogens with one attached hydrogen (secondary N) is 1. The molecule has 0 amide bonds. The average molecular weight is 662 g/mol. The van der Waals surface area contributed by atoms with Crippen molar-refractivity contribution in [3.8, 4) is 17.2 Å². The molecular weight excluding hydrogens is 628 g/mol. The highest BCUT2D eigenvalue weighted by Crippen LogP contribution is 2.48. The quantitative estimate of drug-likeness (QED) is 0.168. The summed E-state index contributed by atoms with van der Waals surface area (Å²) in [7, 11) is 4.06. The first-order valence-electron chi connectivity index (χ1n) is 14.7. The van der Waals surface area contributed by atoms with Crippen molar-refractivity contribution < 1.29 is 8.78 Å². The molecule has 1 aliphatic heterocycles. The number of hydrogen-bond acceptors (Lipinski definition) is 10. The van der Waals surface area contributed by atoms with Crippen molar-refractivity contribution in [1.29, 1.82) is 5.26 Å². The minimum atomic E-state index is -0.714. The van der Waals surface area contributed by atoms with E-state index in [4.69, 9.17) is 33.0 Å². The Morgan fingerprint density at radius 3 is 2.59 bits per heavy atom. The highest BCUT2D eigenvalue weighted by Gasteiger charge is 2.58. The Morgan fingerprint density at radius 2 is 1.93 bits per heavy atom. The standard InChI is InChI=1S/C33H34ClF2N9S/c1-16(17-8-7-11-40-28(17)38)14-41-30-19-12-21(34)24(18-9-10-22(35)27-23(18)20(13-37)29(39)46-27)25(36)26(19)42-31(43-30)45-15-33(4,44(5)6)32(45,2)3/h7-12,16H,14-15,39H2,1-6H3,(H2,38,40)(H,41,42,43)/t16-,33+/m0/s1. The molecule has 2 atom stereocenters. The van der Waals surface area contributed by atoms with E-state index in [0.29, 0.717) is 36.1 Å². The van der Waals surface area contributed by atoms with Crippen LogP contribution in [0.25, 0.3) is 32.1 Å². The highest BCUT2D eigenvalue weighted by atomic mass is 35.5. The van der Waals surface area contributed by atoms with Gasteiger partial charge in [0.1, 0.15) is 34.0 Å². The fourth-order valence-electron chi connectivity index (χ4n) is 6.31. The lowest BCUT2D eigenvalue weighted by molar-refractivity contribution is 0.0230. The van der Waals surface area contributed by atoms with E-state index in [2.05, 4.69) is 40.9 Å². The second kappa shape index (κ2) is 11.2. The maximum Gasteiger partial charge on any atom is 0.228 e. The third kappa shape index (κ3) is 4.68. The smallest absolute Gasteiger partial charge is 0.228 e. The summed E-state index contributed by atoms with van der Waals surface area (Å²) in [6, 6.07) is 10.0. The fourth-order valence-corrected chi connectivity index (χ4v) is 7.55. The molecule has 1 fully saturated rings. The molecule has 238 valence electrons. The van der Waals surface area contributed by atoms with Crippen LogP contribution in [-0.4, -0.2) is 58.1 Å². The first kappa shape index (κ1) is 31.7. The Morgan fingerprint density at radius 1 is 1.20 bits per heavy atom. The Labute approximate surface area is 274 Å². The lowest BCUT2D eigenvalue weighted by atomic mass is 9.70. The maximum absolute atomic E-state index is 17.0. The molecule has 6 rings (SSSR count). The van der Waals surface area contributed by atoms with E-state index < -0.39 is 17.2 Å². The number of rotatable bonds is 7. The highest BCUT2D eigenvalue weighted by molar-refractivity contribution is 7.23. The second-order valence-electron chi connectivity index (χ2n) is 12.6. The van der Waals surface area contributed by atoms with Crippen LogP contribution in [0.15, 0.2) is 36.5 Å². The first-order chi connectivity index (χ1) is 21.7. The van der Waals surface area contributed by atoms with Crippen LogP contribution in [0.3, 0.4) is 0 Å². The second-order valence-corrected chi connectivity index (χ2v) is 14.1. The number of halogens is 3. The van der Waals surface area contributed by atoms with Gasteiger partial charge in [0.2, 0.25) is 5.95 Å². The van der Waals surface area contributed by atoms with E-state index in [9.17, 15) is 9.65 Å². The zero-order valence-corrected chi connectivity index (χ0v) is 27.9. The summed E-state index contributed by atoms with van der Waals surface area (Å²) >= 11 is 7.77. The van der Waals surface area contributed by atoms with Gasteiger partial charge in [0.05, 0.1) is 26.4 Å². The van der Waals surface area contributed by atoms with Crippen LogP contribution >= 0.6 is 22.9 Å². The van der Waals surface area contributed by atoms with Crippen LogP contribution in [0.5, 0.6) is 0 Å². The molecule has 9 nitrogen and oxygen atoms in total. The Balaban J connectivity index is 1.55. The van der Waals surface area contributed by atoms with Crippen LogP contribution < -0.4 is 21.7 Å². The topological polar surface area (TPSA) is 133 Å². The van der Waals surface area contributed by atoms with E-state index in [-0.39, 0.29) is 53.8 Å². The van der Waals surface area contributed by atoms with Gasteiger partial charge in [0.15, 0.2) is 5.82 Å². The predicted octanol–water partition coefficient (Wildman–Crippen LogP) is 7.01. The Hall–Kier alpha value is -4.31. The van der Waals surface area contributed by atoms with Crippen LogP contribution in [0.4, 0.5) is 31.4 Å². The summed E-state index contributed by atoms with van der Waals surface area (Å²) in [5.74, 6) is -0.142. The first-order valence-corrected chi connectivity index (χ1v) is 15.9. The zero-order chi connectivity index (χ0) is 33.3. The van der Waals surface area contributed by atoms with Gasteiger partial charge in [-0.3, -0.25) is 0 Å². The minimum Gasteiger partial charge on any atom is -0.389 e. The maximum atomic E-state index is 17.0. The number of hydrogen-bond donors (Lipinski definition) is 3. The van der Waals surface area contributed by atoms with E-state index in [0.717, 1.165) is 16.9 Å². The molecule has 3 aromatic heterocycles. The number of nitrogens with zero attached hydrogens (tertiary/aromatic N) is 6. The molecule has 0 spiro atoms. The number of nitriles is 1. The summed E-state index contributed by atoms with van der Waals surface area (Å²) in [6.07, 6.45) is 1.64. The van der Waals surface area contributed by atoms with Gasteiger partial charge in [-0.25, -0.2) is 18.7 Å². The fraction of sp³-hybridized carbons (Fsp3) is 0.333. The van der Waals surface area contributed by atoms with E-state index in [1.165, 1.54) is 12.1 Å². The number of benzene rings is 2. The molecule has 46 heavy (non-hydrogen) atoms. The summed E-state index contributed by atoms with van der Waals surface area (Å²) in [5, 5.41) is 14.0. The molecule has 0 radical (unpaired) electrons. The number of nitrogens with two attached hydrogens (primary N) is 2. The predicted molar refractivity (Wildman–Crippen MR) is 183 cm³/mol. The number of anilines is 4. The van der Waals surface area contributed by atoms with Crippen molar-refractivity contribution in [3.05, 3.63) is 64.3 Å². The van der Waals surface area contributed by atoms with Crippen LogP contribution in [0.1, 0.15) is 44.7 Å². The summed E-state index contributed by atoms with van der Waals surface area (Å²) in [5.41, 5.74) is 12.9. The Kier molecular flexibility index (Phi) is 7.70. The monoisotopic (exact) mass is 661 g/mol. The molecule has 2 aromatic carbocycles. The summed E-state index contributed by atoms with van der Waals surface area (Å²) in [4.78, 5) is 18.1. The molecule has 0 aliphatic carbocycles. The molecule has 1 aliphatic rings.